The van der Waals surface area contributed by atoms with Gasteiger partial charge in [-0.1, -0.05) is 32.9 Å². The van der Waals surface area contributed by atoms with Gasteiger partial charge >= 0.3 is 0 Å². The molecule has 3 nitrogen and oxygen atoms in total. The number of para-hydroxylation sites is 1. The molecule has 0 fully saturated rings. The van der Waals surface area contributed by atoms with E-state index in [0.717, 1.165) is 10.7 Å². The van der Waals surface area contributed by atoms with Crippen molar-refractivity contribution in [3.05, 3.63) is 45.9 Å². The number of carbonyl (C=O) groups is 1. The summed E-state index contributed by atoms with van der Waals surface area (Å²) in [6, 6.07) is 7.30. The first kappa shape index (κ1) is 14.7. The van der Waals surface area contributed by atoms with Gasteiger partial charge in [-0.15, -0.1) is 11.3 Å². The first-order valence-corrected chi connectivity index (χ1v) is 7.43. The molecular weight excluding hydrogens is 270 g/mol. The van der Waals surface area contributed by atoms with Crippen LogP contribution in [0.1, 0.15) is 48.8 Å². The molecule has 0 saturated carbocycles. The van der Waals surface area contributed by atoms with E-state index in [0.29, 0.717) is 17.9 Å². The van der Waals surface area contributed by atoms with Gasteiger partial charge in [0.25, 0.3) is 0 Å². The molecule has 0 aliphatic carbocycles. The van der Waals surface area contributed by atoms with Crippen LogP contribution in [0.5, 0.6) is 5.75 Å². The van der Waals surface area contributed by atoms with Crippen molar-refractivity contribution in [3.8, 4) is 5.75 Å². The third-order valence-electron chi connectivity index (χ3n) is 2.94. The van der Waals surface area contributed by atoms with E-state index in [1.54, 1.807) is 24.3 Å². The van der Waals surface area contributed by atoms with Gasteiger partial charge in [0, 0.05) is 10.8 Å². The molecule has 0 unspecified atom stereocenters. The maximum atomic E-state index is 11.5. The molecule has 2 aromatic rings. The van der Waals surface area contributed by atoms with Gasteiger partial charge in [0.2, 0.25) is 0 Å². The number of ether oxygens (including phenoxy) is 1. The van der Waals surface area contributed by atoms with Crippen molar-refractivity contribution < 1.29 is 9.53 Å². The highest BCUT2D eigenvalue weighted by molar-refractivity contribution is 7.09. The second-order valence-electron chi connectivity index (χ2n) is 5.72. The molecule has 1 aromatic heterocycles. The number of Topliss-reactive ketones (excluding diaryl/α,β-unsaturated/α-hetero) is 1. The van der Waals surface area contributed by atoms with Crippen molar-refractivity contribution in [3.63, 3.8) is 0 Å². The Labute approximate surface area is 123 Å². The average Bonchev–Trinajstić information content (AvgIpc) is 2.85. The average molecular weight is 289 g/mol. The molecule has 1 aromatic carbocycles. The van der Waals surface area contributed by atoms with E-state index >= 15 is 0 Å². The van der Waals surface area contributed by atoms with Crippen molar-refractivity contribution in [2.24, 2.45) is 0 Å². The summed E-state index contributed by atoms with van der Waals surface area (Å²) < 4.78 is 5.74. The van der Waals surface area contributed by atoms with E-state index in [9.17, 15) is 4.79 Å². The molecule has 0 aliphatic rings. The minimum atomic E-state index is 0.00937. The molecule has 106 valence electrons. The Morgan fingerprint density at radius 3 is 2.60 bits per heavy atom. The molecule has 0 atom stereocenters. The lowest BCUT2D eigenvalue weighted by Gasteiger charge is -2.14. The molecule has 0 saturated heterocycles. The molecular formula is C16H19NO2S. The fourth-order valence-corrected chi connectivity index (χ4v) is 2.68. The number of hydrogen-bond donors (Lipinski definition) is 0. The van der Waals surface area contributed by atoms with Gasteiger partial charge in [-0.2, -0.15) is 0 Å². The number of rotatable bonds is 4. The Kier molecular flexibility index (Phi) is 4.23. The second kappa shape index (κ2) is 5.75. The molecule has 2 rings (SSSR count). The van der Waals surface area contributed by atoms with E-state index in [4.69, 9.17) is 4.74 Å². The Morgan fingerprint density at radius 1 is 1.30 bits per heavy atom. The van der Waals surface area contributed by atoms with Crippen LogP contribution in [-0.2, 0) is 12.0 Å². The summed E-state index contributed by atoms with van der Waals surface area (Å²) in [6.07, 6.45) is 0. The zero-order chi connectivity index (χ0) is 14.8. The van der Waals surface area contributed by atoms with Crippen LogP contribution in [0.2, 0.25) is 0 Å². The molecule has 0 N–H and O–H groups in total. The number of hydrogen-bond acceptors (Lipinski definition) is 4. The smallest absolute Gasteiger partial charge is 0.163 e. The minimum absolute atomic E-state index is 0.00937. The summed E-state index contributed by atoms with van der Waals surface area (Å²) >= 11 is 1.59. The van der Waals surface area contributed by atoms with Crippen LogP contribution in [0.4, 0.5) is 0 Å². The summed E-state index contributed by atoms with van der Waals surface area (Å²) in [4.78, 5) is 16.1. The normalized spacial score (nSPS) is 11.4. The van der Waals surface area contributed by atoms with E-state index in [1.165, 1.54) is 0 Å². The van der Waals surface area contributed by atoms with E-state index in [1.807, 2.05) is 18.2 Å². The third kappa shape index (κ3) is 3.45. The molecule has 0 spiro atoms. The SMILES string of the molecule is CC(=O)c1ccccc1OCc1nc(C(C)(C)C)cs1. The lowest BCUT2D eigenvalue weighted by atomic mass is 9.93. The Bertz CT molecular complexity index is 611. The molecule has 0 amide bonds. The summed E-state index contributed by atoms with van der Waals surface area (Å²) in [5.41, 5.74) is 1.73. The van der Waals surface area contributed by atoms with Gasteiger partial charge in [-0.3, -0.25) is 4.79 Å². The summed E-state index contributed by atoms with van der Waals surface area (Å²) in [5.74, 6) is 0.627. The van der Waals surface area contributed by atoms with Crippen LogP contribution in [0, 0.1) is 0 Å². The molecule has 1 heterocycles. The Hall–Kier alpha value is -1.68. The zero-order valence-corrected chi connectivity index (χ0v) is 13.1. The van der Waals surface area contributed by atoms with Gasteiger partial charge in [0.15, 0.2) is 5.78 Å². The van der Waals surface area contributed by atoms with Crippen LogP contribution in [-0.4, -0.2) is 10.8 Å². The van der Waals surface area contributed by atoms with Crippen LogP contribution in [0.25, 0.3) is 0 Å². The van der Waals surface area contributed by atoms with Crippen LogP contribution < -0.4 is 4.74 Å². The van der Waals surface area contributed by atoms with E-state index < -0.39 is 0 Å². The van der Waals surface area contributed by atoms with Crippen molar-refractivity contribution in [1.82, 2.24) is 4.98 Å². The summed E-state index contributed by atoms with van der Waals surface area (Å²) in [7, 11) is 0. The van der Waals surface area contributed by atoms with Crippen molar-refractivity contribution in [2.45, 2.75) is 39.7 Å². The molecule has 4 heteroatoms. The molecule has 0 radical (unpaired) electrons. The van der Waals surface area contributed by atoms with Gasteiger partial charge in [0.1, 0.15) is 17.4 Å². The van der Waals surface area contributed by atoms with Gasteiger partial charge < -0.3 is 4.74 Å². The largest absolute Gasteiger partial charge is 0.486 e. The lowest BCUT2D eigenvalue weighted by molar-refractivity contribution is 0.101. The molecule has 0 bridgehead atoms. The van der Waals surface area contributed by atoms with E-state index in [-0.39, 0.29) is 11.2 Å². The topological polar surface area (TPSA) is 39.2 Å². The number of thiazole rings is 1. The fourth-order valence-electron chi connectivity index (χ4n) is 1.74. The fraction of sp³-hybridized carbons (Fsp3) is 0.375. The number of nitrogens with zero attached hydrogens (tertiary/aromatic N) is 1. The van der Waals surface area contributed by atoms with Gasteiger partial charge in [-0.05, 0) is 19.1 Å². The third-order valence-corrected chi connectivity index (χ3v) is 3.76. The van der Waals surface area contributed by atoms with E-state index in [2.05, 4.69) is 31.1 Å². The predicted octanol–water partition coefficient (Wildman–Crippen LogP) is 4.22. The monoisotopic (exact) mass is 289 g/mol. The molecule has 20 heavy (non-hydrogen) atoms. The Morgan fingerprint density at radius 2 is 2.00 bits per heavy atom. The zero-order valence-electron chi connectivity index (χ0n) is 12.3. The maximum absolute atomic E-state index is 11.5. The van der Waals surface area contributed by atoms with Crippen LogP contribution >= 0.6 is 11.3 Å². The lowest BCUT2D eigenvalue weighted by Crippen LogP contribution is -2.11. The predicted molar refractivity (Wildman–Crippen MR) is 81.6 cm³/mol. The standard InChI is InChI=1S/C16H19NO2S/c1-11(18)12-7-5-6-8-13(12)19-9-15-17-14(10-20-15)16(2,3)4/h5-8,10H,9H2,1-4H3. The molecule has 0 aliphatic heterocycles. The summed E-state index contributed by atoms with van der Waals surface area (Å²) in [6.45, 7) is 8.35. The van der Waals surface area contributed by atoms with Crippen molar-refractivity contribution in [2.75, 3.05) is 0 Å². The van der Waals surface area contributed by atoms with Crippen LogP contribution in [0.3, 0.4) is 0 Å². The maximum Gasteiger partial charge on any atom is 0.163 e. The summed E-state index contributed by atoms with van der Waals surface area (Å²) in [5, 5.41) is 2.99. The number of benzene rings is 1. The number of carbonyl (C=O) groups excluding carboxylic acids is 1. The van der Waals surface area contributed by atoms with Gasteiger partial charge in [0.05, 0.1) is 11.3 Å². The Balaban J connectivity index is 2.10. The minimum Gasteiger partial charge on any atom is -0.486 e. The quantitative estimate of drug-likeness (QED) is 0.791. The highest BCUT2D eigenvalue weighted by Crippen LogP contribution is 2.25. The first-order valence-electron chi connectivity index (χ1n) is 6.55. The number of aromatic nitrogens is 1. The highest BCUT2D eigenvalue weighted by Gasteiger charge is 2.17. The highest BCUT2D eigenvalue weighted by atomic mass is 32.1. The van der Waals surface area contributed by atoms with Crippen LogP contribution in [0.15, 0.2) is 29.6 Å². The van der Waals surface area contributed by atoms with Crippen molar-refractivity contribution >= 4 is 17.1 Å². The first-order chi connectivity index (χ1) is 9.38. The van der Waals surface area contributed by atoms with Gasteiger partial charge in [-0.25, -0.2) is 4.98 Å². The van der Waals surface area contributed by atoms with Crippen molar-refractivity contribution in [1.29, 1.82) is 0 Å². The number of ketones is 1. The second-order valence-corrected chi connectivity index (χ2v) is 6.66.